The summed E-state index contributed by atoms with van der Waals surface area (Å²) in [5.41, 5.74) is 1.56. The monoisotopic (exact) mass is 340 g/mol. The van der Waals surface area contributed by atoms with Gasteiger partial charge in [-0.05, 0) is 31.0 Å². The van der Waals surface area contributed by atoms with E-state index in [9.17, 15) is 13.2 Å². The minimum Gasteiger partial charge on any atom is -0.465 e. The van der Waals surface area contributed by atoms with Gasteiger partial charge in [0.25, 0.3) is 0 Å². The average molecular weight is 340 g/mol. The van der Waals surface area contributed by atoms with Crippen molar-refractivity contribution in [2.75, 3.05) is 46.1 Å². The van der Waals surface area contributed by atoms with Gasteiger partial charge in [-0.1, -0.05) is 18.2 Å². The highest BCUT2D eigenvalue weighted by molar-refractivity contribution is 7.88. The standard InChI is InChI=1S/C16H24N2O4S/c1-22-16(19)15-7-4-3-6-14(15)8-11-17-9-5-10-18(13-12-17)23(2,20)21/h3-4,6-7H,5,8-13H2,1-2H3. The van der Waals surface area contributed by atoms with Gasteiger partial charge < -0.3 is 9.64 Å². The van der Waals surface area contributed by atoms with E-state index in [1.165, 1.54) is 17.7 Å². The fourth-order valence-corrected chi connectivity index (χ4v) is 3.70. The molecule has 2 rings (SSSR count). The molecule has 0 bridgehead atoms. The van der Waals surface area contributed by atoms with Gasteiger partial charge in [-0.25, -0.2) is 17.5 Å². The molecule has 1 aromatic carbocycles. The van der Waals surface area contributed by atoms with Gasteiger partial charge >= 0.3 is 5.97 Å². The van der Waals surface area contributed by atoms with Crippen molar-refractivity contribution in [3.63, 3.8) is 0 Å². The van der Waals surface area contributed by atoms with E-state index in [4.69, 9.17) is 4.74 Å². The molecule has 0 atom stereocenters. The van der Waals surface area contributed by atoms with Gasteiger partial charge in [-0.15, -0.1) is 0 Å². The predicted molar refractivity (Wildman–Crippen MR) is 89.0 cm³/mol. The van der Waals surface area contributed by atoms with Crippen LogP contribution in [0, 0.1) is 0 Å². The van der Waals surface area contributed by atoms with E-state index in [0.717, 1.165) is 31.5 Å². The largest absolute Gasteiger partial charge is 0.465 e. The lowest BCUT2D eigenvalue weighted by molar-refractivity contribution is 0.0599. The number of nitrogens with zero attached hydrogens (tertiary/aromatic N) is 2. The smallest absolute Gasteiger partial charge is 0.338 e. The summed E-state index contributed by atoms with van der Waals surface area (Å²) < 4.78 is 29.6. The van der Waals surface area contributed by atoms with Crippen LogP contribution in [0.1, 0.15) is 22.3 Å². The molecular weight excluding hydrogens is 316 g/mol. The lowest BCUT2D eigenvalue weighted by Crippen LogP contribution is -2.35. The van der Waals surface area contributed by atoms with Gasteiger partial charge in [-0.2, -0.15) is 0 Å². The highest BCUT2D eigenvalue weighted by Crippen LogP contribution is 2.13. The molecular formula is C16H24N2O4S. The molecule has 1 aromatic rings. The predicted octanol–water partition coefficient (Wildman–Crippen LogP) is 0.983. The number of esters is 1. The topological polar surface area (TPSA) is 66.9 Å². The summed E-state index contributed by atoms with van der Waals surface area (Å²) >= 11 is 0. The normalized spacial score (nSPS) is 17.7. The molecule has 1 fully saturated rings. The van der Waals surface area contributed by atoms with Gasteiger partial charge in [0, 0.05) is 26.2 Å². The van der Waals surface area contributed by atoms with E-state index in [1.807, 2.05) is 18.2 Å². The Hall–Kier alpha value is -1.44. The maximum atomic E-state index is 11.8. The second-order valence-corrected chi connectivity index (χ2v) is 7.74. The molecule has 1 aliphatic heterocycles. The lowest BCUT2D eigenvalue weighted by Gasteiger charge is -2.21. The zero-order valence-corrected chi connectivity index (χ0v) is 14.5. The summed E-state index contributed by atoms with van der Waals surface area (Å²) in [6, 6.07) is 7.45. The second kappa shape index (κ2) is 7.90. The van der Waals surface area contributed by atoms with Crippen LogP contribution in [0.15, 0.2) is 24.3 Å². The molecule has 0 amide bonds. The van der Waals surface area contributed by atoms with Crippen molar-refractivity contribution in [2.45, 2.75) is 12.8 Å². The van der Waals surface area contributed by atoms with Crippen LogP contribution >= 0.6 is 0 Å². The van der Waals surface area contributed by atoms with Crippen LogP contribution < -0.4 is 0 Å². The van der Waals surface area contributed by atoms with Crippen molar-refractivity contribution < 1.29 is 17.9 Å². The third-order valence-electron chi connectivity index (χ3n) is 4.14. The summed E-state index contributed by atoms with van der Waals surface area (Å²) in [5, 5.41) is 0. The van der Waals surface area contributed by atoms with Crippen LogP contribution in [-0.4, -0.2) is 69.7 Å². The van der Waals surface area contributed by atoms with Crippen LogP contribution in [-0.2, 0) is 21.2 Å². The summed E-state index contributed by atoms with van der Waals surface area (Å²) in [6.07, 6.45) is 2.82. The molecule has 7 heteroatoms. The zero-order chi connectivity index (χ0) is 16.9. The molecule has 23 heavy (non-hydrogen) atoms. The Kier molecular flexibility index (Phi) is 6.15. The highest BCUT2D eigenvalue weighted by atomic mass is 32.2. The van der Waals surface area contributed by atoms with Crippen molar-refractivity contribution in [3.05, 3.63) is 35.4 Å². The Bertz CT molecular complexity index is 645. The molecule has 0 aromatic heterocycles. The summed E-state index contributed by atoms with van der Waals surface area (Å²) in [7, 11) is -1.73. The number of carbonyl (C=O) groups excluding carboxylic acids is 1. The fourth-order valence-electron chi connectivity index (χ4n) is 2.83. The van der Waals surface area contributed by atoms with Crippen molar-refractivity contribution in [1.82, 2.24) is 9.21 Å². The Morgan fingerprint density at radius 2 is 1.91 bits per heavy atom. The van der Waals surface area contributed by atoms with Gasteiger partial charge in [0.05, 0.1) is 18.9 Å². The molecule has 0 spiro atoms. The Labute approximate surface area is 138 Å². The quantitative estimate of drug-likeness (QED) is 0.748. The number of benzene rings is 1. The molecule has 0 aliphatic carbocycles. The zero-order valence-electron chi connectivity index (χ0n) is 13.7. The van der Waals surface area contributed by atoms with Gasteiger partial charge in [0.2, 0.25) is 10.0 Å². The molecule has 0 N–H and O–H groups in total. The van der Waals surface area contributed by atoms with E-state index >= 15 is 0 Å². The number of methoxy groups -OCH3 is 1. The molecule has 1 aliphatic rings. The summed E-state index contributed by atoms with van der Waals surface area (Å²) in [5.74, 6) is -0.320. The van der Waals surface area contributed by atoms with Crippen LogP contribution in [0.3, 0.4) is 0 Å². The number of carbonyl (C=O) groups is 1. The first-order chi connectivity index (χ1) is 10.9. The molecule has 128 valence electrons. The summed E-state index contributed by atoms with van der Waals surface area (Å²) in [6.45, 7) is 3.48. The second-order valence-electron chi connectivity index (χ2n) is 5.76. The Balaban J connectivity index is 1.96. The molecule has 1 heterocycles. The highest BCUT2D eigenvalue weighted by Gasteiger charge is 2.21. The van der Waals surface area contributed by atoms with Crippen molar-refractivity contribution >= 4 is 16.0 Å². The van der Waals surface area contributed by atoms with Crippen molar-refractivity contribution in [2.24, 2.45) is 0 Å². The van der Waals surface area contributed by atoms with Gasteiger partial charge in [0.1, 0.15) is 0 Å². The summed E-state index contributed by atoms with van der Waals surface area (Å²) in [4.78, 5) is 14.0. The molecule has 0 radical (unpaired) electrons. The Morgan fingerprint density at radius 3 is 2.61 bits per heavy atom. The van der Waals surface area contributed by atoms with E-state index < -0.39 is 10.0 Å². The number of rotatable bonds is 5. The van der Waals surface area contributed by atoms with Crippen LogP contribution in [0.25, 0.3) is 0 Å². The SMILES string of the molecule is COC(=O)c1ccccc1CCN1CCCN(S(C)(=O)=O)CC1. The van der Waals surface area contributed by atoms with E-state index in [-0.39, 0.29) is 5.97 Å². The van der Waals surface area contributed by atoms with Crippen LogP contribution in [0.5, 0.6) is 0 Å². The Morgan fingerprint density at radius 1 is 1.17 bits per heavy atom. The third kappa shape index (κ3) is 5.02. The minimum absolute atomic E-state index is 0.320. The first kappa shape index (κ1) is 17.9. The lowest BCUT2D eigenvalue weighted by atomic mass is 10.0. The minimum atomic E-state index is -3.12. The number of sulfonamides is 1. The maximum absolute atomic E-state index is 11.8. The first-order valence-corrected chi connectivity index (χ1v) is 9.60. The molecule has 6 nitrogen and oxygen atoms in total. The third-order valence-corrected chi connectivity index (χ3v) is 5.44. The first-order valence-electron chi connectivity index (χ1n) is 7.75. The van der Waals surface area contributed by atoms with Crippen LogP contribution in [0.4, 0.5) is 0 Å². The van der Waals surface area contributed by atoms with Gasteiger partial charge in [0.15, 0.2) is 0 Å². The van der Waals surface area contributed by atoms with Crippen molar-refractivity contribution in [3.8, 4) is 0 Å². The number of hydrogen-bond acceptors (Lipinski definition) is 5. The average Bonchev–Trinajstić information content (AvgIpc) is 2.78. The number of hydrogen-bond donors (Lipinski definition) is 0. The van der Waals surface area contributed by atoms with E-state index in [1.54, 1.807) is 6.07 Å². The molecule has 0 unspecified atom stereocenters. The molecule has 1 saturated heterocycles. The number of ether oxygens (including phenoxy) is 1. The van der Waals surface area contributed by atoms with Gasteiger partial charge in [-0.3, -0.25) is 0 Å². The maximum Gasteiger partial charge on any atom is 0.338 e. The molecule has 0 saturated carbocycles. The van der Waals surface area contributed by atoms with E-state index in [2.05, 4.69) is 4.90 Å². The van der Waals surface area contributed by atoms with Crippen molar-refractivity contribution in [1.29, 1.82) is 0 Å². The fraction of sp³-hybridized carbons (Fsp3) is 0.562. The van der Waals surface area contributed by atoms with E-state index in [0.29, 0.717) is 25.2 Å². The van der Waals surface area contributed by atoms with Crippen LogP contribution in [0.2, 0.25) is 0 Å².